The molecule has 0 aliphatic heterocycles. The van der Waals surface area contributed by atoms with Crippen LogP contribution < -0.4 is 10.1 Å². The third-order valence-corrected chi connectivity index (χ3v) is 3.73. The lowest BCUT2D eigenvalue weighted by atomic mass is 10.2. The van der Waals surface area contributed by atoms with Crippen molar-refractivity contribution in [1.29, 1.82) is 0 Å². The number of nitrogens with one attached hydrogen (secondary N) is 1. The number of ether oxygens (including phenoxy) is 1. The highest BCUT2D eigenvalue weighted by Gasteiger charge is 2.07. The summed E-state index contributed by atoms with van der Waals surface area (Å²) in [7, 11) is 1.90. The van der Waals surface area contributed by atoms with E-state index in [9.17, 15) is 4.39 Å². The third kappa shape index (κ3) is 3.78. The zero-order valence-electron chi connectivity index (χ0n) is 10.2. The van der Waals surface area contributed by atoms with Crippen LogP contribution in [0.5, 0.6) is 11.5 Å². The fourth-order valence-electron chi connectivity index (χ4n) is 1.62. The first-order valence-corrected chi connectivity index (χ1v) is 7.24. The van der Waals surface area contributed by atoms with Gasteiger partial charge in [-0.2, -0.15) is 0 Å². The summed E-state index contributed by atoms with van der Waals surface area (Å²) in [5, 5.41) is 3.08. The maximum absolute atomic E-state index is 13.0. The van der Waals surface area contributed by atoms with Crippen LogP contribution in [0.4, 0.5) is 4.39 Å². The third-order valence-electron chi connectivity index (χ3n) is 2.49. The van der Waals surface area contributed by atoms with E-state index >= 15 is 0 Å². The Balaban J connectivity index is 2.23. The Bertz CT molecular complexity index is 590. The van der Waals surface area contributed by atoms with Crippen molar-refractivity contribution < 1.29 is 9.13 Å². The molecule has 0 atom stereocenters. The van der Waals surface area contributed by atoms with Crippen LogP contribution >= 0.6 is 31.9 Å². The molecule has 2 rings (SSSR count). The fourth-order valence-corrected chi connectivity index (χ4v) is 2.56. The summed E-state index contributed by atoms with van der Waals surface area (Å²) >= 11 is 6.75. The quantitative estimate of drug-likeness (QED) is 0.807. The summed E-state index contributed by atoms with van der Waals surface area (Å²) in [6, 6.07) is 10.2. The van der Waals surface area contributed by atoms with Gasteiger partial charge in [0.1, 0.15) is 17.3 Å². The average molecular weight is 389 g/mol. The van der Waals surface area contributed by atoms with Gasteiger partial charge in [0.25, 0.3) is 0 Å². The van der Waals surface area contributed by atoms with Crippen LogP contribution in [0, 0.1) is 5.82 Å². The van der Waals surface area contributed by atoms with Gasteiger partial charge in [0, 0.05) is 6.54 Å². The zero-order valence-corrected chi connectivity index (χ0v) is 13.4. The van der Waals surface area contributed by atoms with Crippen molar-refractivity contribution in [2.24, 2.45) is 0 Å². The molecule has 0 fully saturated rings. The Morgan fingerprint density at radius 1 is 1.05 bits per heavy atom. The summed E-state index contributed by atoms with van der Waals surface area (Å²) < 4.78 is 20.2. The molecule has 0 bridgehead atoms. The molecule has 0 aromatic heterocycles. The predicted octanol–water partition coefficient (Wildman–Crippen LogP) is 4.86. The summed E-state index contributed by atoms with van der Waals surface area (Å²) in [6.07, 6.45) is 0. The first kappa shape index (κ1) is 14.5. The number of halogens is 3. The van der Waals surface area contributed by atoms with E-state index < -0.39 is 0 Å². The van der Waals surface area contributed by atoms with Crippen LogP contribution in [0.15, 0.2) is 45.3 Å². The molecule has 2 aromatic carbocycles. The second-order valence-electron chi connectivity index (χ2n) is 3.97. The maximum Gasteiger partial charge on any atom is 0.141 e. The summed E-state index contributed by atoms with van der Waals surface area (Å²) in [4.78, 5) is 0. The van der Waals surface area contributed by atoms with Crippen molar-refractivity contribution in [3.63, 3.8) is 0 Å². The Hall–Kier alpha value is -0.910. The molecule has 0 aliphatic carbocycles. The molecule has 0 saturated carbocycles. The lowest BCUT2D eigenvalue weighted by Crippen LogP contribution is -2.04. The molecule has 5 heteroatoms. The minimum Gasteiger partial charge on any atom is -0.455 e. The van der Waals surface area contributed by atoms with E-state index in [1.807, 2.05) is 25.2 Å². The largest absolute Gasteiger partial charge is 0.455 e. The molecule has 19 heavy (non-hydrogen) atoms. The molecule has 0 saturated heterocycles. The second kappa shape index (κ2) is 6.50. The molecular formula is C14H12Br2FNO. The van der Waals surface area contributed by atoms with E-state index in [4.69, 9.17) is 4.74 Å². The van der Waals surface area contributed by atoms with E-state index in [-0.39, 0.29) is 5.82 Å². The van der Waals surface area contributed by atoms with E-state index in [1.165, 1.54) is 12.1 Å². The van der Waals surface area contributed by atoms with Gasteiger partial charge < -0.3 is 10.1 Å². The maximum atomic E-state index is 13.0. The molecule has 100 valence electrons. The van der Waals surface area contributed by atoms with Crippen molar-refractivity contribution in [1.82, 2.24) is 5.32 Å². The predicted molar refractivity (Wildman–Crippen MR) is 81.1 cm³/mol. The number of hydrogen-bond acceptors (Lipinski definition) is 2. The topological polar surface area (TPSA) is 21.3 Å². The lowest BCUT2D eigenvalue weighted by molar-refractivity contribution is 0.474. The summed E-state index contributed by atoms with van der Waals surface area (Å²) in [6.45, 7) is 0.791. The van der Waals surface area contributed by atoms with Crippen LogP contribution in [0.2, 0.25) is 0 Å². The smallest absolute Gasteiger partial charge is 0.141 e. The van der Waals surface area contributed by atoms with E-state index in [2.05, 4.69) is 37.2 Å². The zero-order chi connectivity index (χ0) is 13.8. The van der Waals surface area contributed by atoms with Crippen LogP contribution in [0.1, 0.15) is 5.56 Å². The normalized spacial score (nSPS) is 10.5. The van der Waals surface area contributed by atoms with Crippen molar-refractivity contribution in [2.75, 3.05) is 7.05 Å². The van der Waals surface area contributed by atoms with Gasteiger partial charge in [0.2, 0.25) is 0 Å². The molecule has 0 radical (unpaired) electrons. The standard InChI is InChI=1S/C14H12Br2FNO/c1-18-8-9-2-4-13(11(15)6-9)19-14-5-3-10(17)7-12(14)16/h2-7,18H,8H2,1H3. The lowest BCUT2D eigenvalue weighted by Gasteiger charge is -2.10. The second-order valence-corrected chi connectivity index (χ2v) is 5.68. The molecule has 1 N–H and O–H groups in total. The SMILES string of the molecule is CNCc1ccc(Oc2ccc(F)cc2Br)c(Br)c1. The Morgan fingerprint density at radius 2 is 1.68 bits per heavy atom. The molecule has 0 aliphatic rings. The van der Waals surface area contributed by atoms with Gasteiger partial charge >= 0.3 is 0 Å². The van der Waals surface area contributed by atoms with Gasteiger partial charge in [-0.15, -0.1) is 0 Å². The van der Waals surface area contributed by atoms with Crippen molar-refractivity contribution in [2.45, 2.75) is 6.54 Å². The van der Waals surface area contributed by atoms with Crippen molar-refractivity contribution in [3.8, 4) is 11.5 Å². The summed E-state index contributed by atoms with van der Waals surface area (Å²) in [5.74, 6) is 0.957. The highest BCUT2D eigenvalue weighted by atomic mass is 79.9. The van der Waals surface area contributed by atoms with Crippen LogP contribution in [0.3, 0.4) is 0 Å². The van der Waals surface area contributed by atoms with Crippen LogP contribution in [-0.2, 0) is 6.54 Å². The molecule has 0 amide bonds. The molecule has 0 heterocycles. The van der Waals surface area contributed by atoms with Gasteiger partial charge in [0.05, 0.1) is 8.95 Å². The molecular weight excluding hydrogens is 377 g/mol. The van der Waals surface area contributed by atoms with E-state index in [0.717, 1.165) is 16.6 Å². The van der Waals surface area contributed by atoms with Crippen molar-refractivity contribution in [3.05, 3.63) is 56.7 Å². The van der Waals surface area contributed by atoms with Crippen molar-refractivity contribution >= 4 is 31.9 Å². The molecule has 0 unspecified atom stereocenters. The van der Waals surface area contributed by atoms with E-state index in [0.29, 0.717) is 16.0 Å². The Kier molecular flexibility index (Phi) is 4.96. The Labute approximate surface area is 128 Å². The molecule has 2 aromatic rings. The fraction of sp³-hybridized carbons (Fsp3) is 0.143. The van der Waals surface area contributed by atoms with Gasteiger partial charge in [-0.25, -0.2) is 4.39 Å². The van der Waals surface area contributed by atoms with Crippen LogP contribution in [-0.4, -0.2) is 7.05 Å². The van der Waals surface area contributed by atoms with Gasteiger partial charge in [-0.05, 0) is 74.8 Å². The number of rotatable bonds is 4. The van der Waals surface area contributed by atoms with Gasteiger partial charge in [-0.3, -0.25) is 0 Å². The highest BCUT2D eigenvalue weighted by molar-refractivity contribution is 9.11. The minimum absolute atomic E-state index is 0.303. The van der Waals surface area contributed by atoms with E-state index in [1.54, 1.807) is 6.07 Å². The average Bonchev–Trinajstić information content (AvgIpc) is 2.36. The monoisotopic (exact) mass is 387 g/mol. The summed E-state index contributed by atoms with van der Waals surface area (Å²) in [5.41, 5.74) is 1.15. The van der Waals surface area contributed by atoms with Gasteiger partial charge in [0.15, 0.2) is 0 Å². The first-order chi connectivity index (χ1) is 9.10. The first-order valence-electron chi connectivity index (χ1n) is 5.66. The van der Waals surface area contributed by atoms with Gasteiger partial charge in [-0.1, -0.05) is 6.07 Å². The number of hydrogen-bond donors (Lipinski definition) is 1. The molecule has 2 nitrogen and oxygen atoms in total. The number of benzene rings is 2. The Morgan fingerprint density at radius 3 is 2.26 bits per heavy atom. The minimum atomic E-state index is -0.303. The molecule has 0 spiro atoms. The van der Waals surface area contributed by atoms with Crippen LogP contribution in [0.25, 0.3) is 0 Å². The highest BCUT2D eigenvalue weighted by Crippen LogP contribution is 2.34.